The van der Waals surface area contributed by atoms with Gasteiger partial charge in [-0.3, -0.25) is 9.59 Å². The first-order chi connectivity index (χ1) is 14.5. The summed E-state index contributed by atoms with van der Waals surface area (Å²) in [6, 6.07) is 17.2. The molecule has 1 saturated heterocycles. The summed E-state index contributed by atoms with van der Waals surface area (Å²) in [6.45, 7) is 6.12. The van der Waals surface area contributed by atoms with Crippen molar-refractivity contribution >= 4 is 11.8 Å². The summed E-state index contributed by atoms with van der Waals surface area (Å²) >= 11 is 0. The fourth-order valence-electron chi connectivity index (χ4n) is 3.68. The number of nitrogens with one attached hydrogen (secondary N) is 1. The van der Waals surface area contributed by atoms with E-state index in [1.54, 1.807) is 0 Å². The zero-order valence-corrected chi connectivity index (χ0v) is 18.0. The minimum absolute atomic E-state index is 0.00916. The van der Waals surface area contributed by atoms with E-state index in [1.165, 1.54) is 5.56 Å². The van der Waals surface area contributed by atoms with Crippen molar-refractivity contribution in [2.45, 2.75) is 51.5 Å². The number of benzene rings is 2. The summed E-state index contributed by atoms with van der Waals surface area (Å²) in [7, 11) is 0. The van der Waals surface area contributed by atoms with Crippen LogP contribution in [0.5, 0.6) is 5.75 Å². The van der Waals surface area contributed by atoms with Gasteiger partial charge >= 0.3 is 0 Å². The Morgan fingerprint density at radius 3 is 2.30 bits per heavy atom. The number of likely N-dealkylation sites (tertiary alicyclic amines) is 1. The van der Waals surface area contributed by atoms with Crippen molar-refractivity contribution < 1.29 is 14.3 Å². The van der Waals surface area contributed by atoms with Crippen molar-refractivity contribution in [2.24, 2.45) is 0 Å². The summed E-state index contributed by atoms with van der Waals surface area (Å²) in [6.07, 6.45) is 2.77. The lowest BCUT2D eigenvalue weighted by atomic mass is 10.0. The monoisotopic (exact) mass is 408 g/mol. The summed E-state index contributed by atoms with van der Waals surface area (Å²) in [5, 5.41) is 2.94. The van der Waals surface area contributed by atoms with Crippen LogP contribution in [0.4, 0.5) is 0 Å². The Hall–Kier alpha value is -2.82. The van der Waals surface area contributed by atoms with E-state index in [0.717, 1.165) is 37.2 Å². The van der Waals surface area contributed by atoms with Crippen LogP contribution in [0.1, 0.15) is 50.2 Å². The maximum atomic E-state index is 12.9. The summed E-state index contributed by atoms with van der Waals surface area (Å²) in [5.74, 6) is 1.07. The van der Waals surface area contributed by atoms with E-state index in [2.05, 4.69) is 19.2 Å². The molecule has 3 rings (SSSR count). The predicted molar refractivity (Wildman–Crippen MR) is 119 cm³/mol. The highest BCUT2D eigenvalue weighted by atomic mass is 16.5. The Labute approximate surface area is 179 Å². The van der Waals surface area contributed by atoms with E-state index in [9.17, 15) is 9.59 Å². The molecule has 0 aromatic heterocycles. The molecule has 0 spiro atoms. The average Bonchev–Trinajstić information content (AvgIpc) is 3.29. The highest BCUT2D eigenvalue weighted by Gasteiger charge is 2.27. The number of hydrogen-bond acceptors (Lipinski definition) is 3. The lowest BCUT2D eigenvalue weighted by molar-refractivity contribution is -0.135. The third-order valence-corrected chi connectivity index (χ3v) is 5.48. The van der Waals surface area contributed by atoms with Gasteiger partial charge in [0.05, 0.1) is 13.0 Å². The molecule has 2 aromatic carbocycles. The van der Waals surface area contributed by atoms with Crippen molar-refractivity contribution in [1.82, 2.24) is 10.2 Å². The van der Waals surface area contributed by atoms with Crippen molar-refractivity contribution in [2.75, 3.05) is 19.7 Å². The molecule has 0 saturated carbocycles. The second kappa shape index (κ2) is 10.8. The largest absolute Gasteiger partial charge is 0.493 e. The van der Waals surface area contributed by atoms with Gasteiger partial charge in [0.2, 0.25) is 11.8 Å². The lowest BCUT2D eigenvalue weighted by Crippen LogP contribution is -2.49. The van der Waals surface area contributed by atoms with Crippen LogP contribution in [-0.4, -0.2) is 42.5 Å². The molecule has 1 aliphatic heterocycles. The van der Waals surface area contributed by atoms with Gasteiger partial charge in [-0.2, -0.15) is 0 Å². The van der Waals surface area contributed by atoms with Crippen LogP contribution in [-0.2, 0) is 16.0 Å². The van der Waals surface area contributed by atoms with Crippen LogP contribution in [0.2, 0.25) is 0 Å². The van der Waals surface area contributed by atoms with Gasteiger partial charge in [0.15, 0.2) is 0 Å². The van der Waals surface area contributed by atoms with E-state index in [1.807, 2.05) is 59.5 Å². The van der Waals surface area contributed by atoms with Gasteiger partial charge in [0.25, 0.3) is 0 Å². The first-order valence-corrected chi connectivity index (χ1v) is 10.9. The van der Waals surface area contributed by atoms with Crippen molar-refractivity contribution in [3.05, 3.63) is 65.7 Å². The molecule has 2 aromatic rings. The second-order valence-electron chi connectivity index (χ2n) is 8.16. The Kier molecular flexibility index (Phi) is 7.89. The molecule has 1 atom stereocenters. The molecular formula is C25H32N2O3. The van der Waals surface area contributed by atoms with E-state index in [0.29, 0.717) is 12.3 Å². The zero-order valence-electron chi connectivity index (χ0n) is 18.0. The Morgan fingerprint density at radius 2 is 1.67 bits per heavy atom. The first-order valence-electron chi connectivity index (χ1n) is 10.9. The molecule has 0 radical (unpaired) electrons. The molecule has 0 bridgehead atoms. The molecule has 1 aliphatic rings. The number of ether oxygens (including phenoxy) is 1. The van der Waals surface area contributed by atoms with Crippen LogP contribution in [0.3, 0.4) is 0 Å². The van der Waals surface area contributed by atoms with Crippen LogP contribution in [0.15, 0.2) is 54.6 Å². The van der Waals surface area contributed by atoms with Gasteiger partial charge in [-0.15, -0.1) is 0 Å². The smallest absolute Gasteiger partial charge is 0.245 e. The van der Waals surface area contributed by atoms with E-state index >= 15 is 0 Å². The fourth-order valence-corrected chi connectivity index (χ4v) is 3.68. The molecule has 2 amide bonds. The molecule has 30 heavy (non-hydrogen) atoms. The molecule has 5 heteroatoms. The van der Waals surface area contributed by atoms with Crippen LogP contribution in [0, 0.1) is 0 Å². The maximum absolute atomic E-state index is 12.9. The van der Waals surface area contributed by atoms with Crippen LogP contribution in [0.25, 0.3) is 0 Å². The minimum Gasteiger partial charge on any atom is -0.493 e. The Bertz CT molecular complexity index is 812. The normalized spacial score (nSPS) is 14.6. The molecular weight excluding hydrogens is 376 g/mol. The van der Waals surface area contributed by atoms with Gasteiger partial charge in [-0.25, -0.2) is 0 Å². The minimum atomic E-state index is -0.539. The predicted octanol–water partition coefficient (Wildman–Crippen LogP) is 3.93. The van der Waals surface area contributed by atoms with E-state index < -0.39 is 6.04 Å². The summed E-state index contributed by atoms with van der Waals surface area (Å²) in [5.41, 5.74) is 2.29. The highest BCUT2D eigenvalue weighted by molar-refractivity contribution is 5.88. The van der Waals surface area contributed by atoms with Gasteiger partial charge < -0.3 is 15.0 Å². The lowest BCUT2D eigenvalue weighted by Gasteiger charge is -2.24. The maximum Gasteiger partial charge on any atom is 0.245 e. The SMILES string of the molecule is CC(C)c1ccc(OCCC(=O)NC(Cc2ccccc2)C(=O)N2CCCC2)cc1. The van der Waals surface area contributed by atoms with Gasteiger partial charge in [0.1, 0.15) is 11.8 Å². The molecule has 1 heterocycles. The molecule has 1 unspecified atom stereocenters. The quantitative estimate of drug-likeness (QED) is 0.684. The molecule has 0 aliphatic carbocycles. The third-order valence-electron chi connectivity index (χ3n) is 5.48. The Morgan fingerprint density at radius 1 is 1.00 bits per heavy atom. The molecule has 160 valence electrons. The molecule has 5 nitrogen and oxygen atoms in total. The number of carbonyl (C=O) groups is 2. The number of nitrogens with zero attached hydrogens (tertiary/aromatic N) is 1. The van der Waals surface area contributed by atoms with Crippen LogP contribution >= 0.6 is 0 Å². The van der Waals surface area contributed by atoms with E-state index in [-0.39, 0.29) is 24.8 Å². The standard InChI is InChI=1S/C25H32N2O3/c1-19(2)21-10-12-22(13-11-21)30-17-14-24(28)26-23(18-20-8-4-3-5-9-20)25(29)27-15-6-7-16-27/h3-5,8-13,19,23H,6-7,14-18H2,1-2H3,(H,26,28). The molecule has 1 fully saturated rings. The van der Waals surface area contributed by atoms with Gasteiger partial charge in [-0.05, 0) is 42.0 Å². The fraction of sp³-hybridized carbons (Fsp3) is 0.440. The van der Waals surface area contributed by atoms with Gasteiger partial charge in [-0.1, -0.05) is 56.3 Å². The van der Waals surface area contributed by atoms with Crippen molar-refractivity contribution in [3.63, 3.8) is 0 Å². The van der Waals surface area contributed by atoms with Crippen molar-refractivity contribution in [3.8, 4) is 5.75 Å². The number of rotatable bonds is 9. The summed E-state index contributed by atoms with van der Waals surface area (Å²) in [4.78, 5) is 27.3. The summed E-state index contributed by atoms with van der Waals surface area (Å²) < 4.78 is 5.72. The second-order valence-corrected chi connectivity index (χ2v) is 8.16. The molecule has 1 N–H and O–H groups in total. The number of hydrogen-bond donors (Lipinski definition) is 1. The number of amides is 2. The van der Waals surface area contributed by atoms with E-state index in [4.69, 9.17) is 4.74 Å². The Balaban J connectivity index is 1.53. The highest BCUT2D eigenvalue weighted by Crippen LogP contribution is 2.18. The first kappa shape index (κ1) is 21.9. The van der Waals surface area contributed by atoms with Gasteiger partial charge in [0, 0.05) is 19.5 Å². The average molecular weight is 409 g/mol. The number of carbonyl (C=O) groups excluding carboxylic acids is 2. The van der Waals surface area contributed by atoms with Crippen LogP contribution < -0.4 is 10.1 Å². The van der Waals surface area contributed by atoms with Crippen molar-refractivity contribution in [1.29, 1.82) is 0 Å². The zero-order chi connectivity index (χ0) is 21.3. The topological polar surface area (TPSA) is 58.6 Å². The third kappa shape index (κ3) is 6.34.